The van der Waals surface area contributed by atoms with Gasteiger partial charge in [-0.3, -0.25) is 0 Å². The molecule has 1 aromatic rings. The predicted molar refractivity (Wildman–Crippen MR) is 90.0 cm³/mol. The molecule has 3 N–H and O–H groups in total. The second-order valence-corrected chi connectivity index (χ2v) is 7.67. The zero-order valence-corrected chi connectivity index (χ0v) is 17.1. The number of nitrogens with zero attached hydrogens (tertiary/aromatic N) is 5. The number of hydrogen-bond acceptors (Lipinski definition) is 12. The van der Waals surface area contributed by atoms with Crippen LogP contribution in [0, 0.1) is 10.2 Å². The summed E-state index contributed by atoms with van der Waals surface area (Å²) in [5.74, 6) is 1.83. The van der Waals surface area contributed by atoms with Crippen molar-refractivity contribution in [3.8, 4) is 0 Å². The van der Waals surface area contributed by atoms with Gasteiger partial charge in [0, 0.05) is 19.3 Å². The molecule has 1 saturated heterocycles. The Morgan fingerprint density at radius 2 is 1.90 bits per heavy atom. The van der Waals surface area contributed by atoms with Crippen LogP contribution in [-0.2, 0) is 11.3 Å². The van der Waals surface area contributed by atoms with E-state index >= 15 is 0 Å². The first-order valence-corrected chi connectivity index (χ1v) is 10.1. The second-order valence-electron chi connectivity index (χ2n) is 6.92. The lowest BCUT2D eigenvalue weighted by Crippen LogP contribution is -2.68. The SMILES string of the molecule is CC1=NC2=Nc3cc[n+](C4O[C@H](CO)[C@@H](O)[C@H]4O)c(=O)n3CC2=CN1C.[O-][Cl+3]([O-])([O-])[O-]. The summed E-state index contributed by atoms with van der Waals surface area (Å²) in [5, 5.41) is 29.3. The number of aliphatic hydroxyl groups excluding tert-OH is 3. The van der Waals surface area contributed by atoms with Gasteiger partial charge in [-0.1, -0.05) is 0 Å². The van der Waals surface area contributed by atoms with Crippen molar-refractivity contribution in [3.63, 3.8) is 0 Å². The molecule has 1 fully saturated rings. The van der Waals surface area contributed by atoms with Crippen LogP contribution < -0.4 is 28.9 Å². The number of aliphatic imine (C=N–C) groups is 2. The van der Waals surface area contributed by atoms with Crippen molar-refractivity contribution in [2.24, 2.45) is 9.98 Å². The van der Waals surface area contributed by atoms with E-state index in [9.17, 15) is 20.1 Å². The molecule has 1 aromatic heterocycles. The Hall–Kier alpha value is -2.27. The van der Waals surface area contributed by atoms with Crippen molar-refractivity contribution in [3.05, 3.63) is 34.5 Å². The lowest BCUT2D eigenvalue weighted by Gasteiger charge is -2.23. The van der Waals surface area contributed by atoms with Crippen LogP contribution in [-0.4, -0.2) is 68.4 Å². The average Bonchev–Trinajstić information content (AvgIpc) is 2.95. The molecule has 170 valence electrons. The van der Waals surface area contributed by atoms with E-state index in [-0.39, 0.29) is 6.54 Å². The fourth-order valence-electron chi connectivity index (χ4n) is 3.26. The molecule has 0 radical (unpaired) electrons. The number of amidine groups is 2. The highest BCUT2D eigenvalue weighted by molar-refractivity contribution is 6.09. The van der Waals surface area contributed by atoms with E-state index in [1.165, 1.54) is 15.3 Å². The molecule has 14 nitrogen and oxygen atoms in total. The van der Waals surface area contributed by atoms with E-state index in [4.69, 9.17) is 23.4 Å². The van der Waals surface area contributed by atoms with Crippen molar-refractivity contribution in [2.75, 3.05) is 13.7 Å². The Labute approximate surface area is 177 Å². The van der Waals surface area contributed by atoms with Gasteiger partial charge < -0.3 is 25.0 Å². The molecule has 0 amide bonds. The van der Waals surface area contributed by atoms with Gasteiger partial charge in [0.25, 0.3) is 0 Å². The first kappa shape index (κ1) is 23.4. The topological polar surface area (TPSA) is 216 Å². The minimum absolute atomic E-state index is 0.282. The fourth-order valence-corrected chi connectivity index (χ4v) is 3.26. The van der Waals surface area contributed by atoms with Gasteiger partial charge in [0.05, 0.1) is 12.2 Å². The molecule has 0 aromatic carbocycles. The molecule has 3 aliphatic rings. The summed E-state index contributed by atoms with van der Waals surface area (Å²) in [4.78, 5) is 23.6. The van der Waals surface area contributed by atoms with Gasteiger partial charge in [0.15, 0.2) is 5.84 Å². The fraction of sp³-hybridized carbons (Fsp3) is 0.500. The molecule has 3 aliphatic heterocycles. The highest BCUT2D eigenvalue weighted by Crippen LogP contribution is 2.26. The molecule has 31 heavy (non-hydrogen) atoms. The van der Waals surface area contributed by atoms with E-state index in [1.54, 1.807) is 6.07 Å². The number of fused-ring (bicyclic) bond motifs is 2. The van der Waals surface area contributed by atoms with Gasteiger partial charge in [-0.15, -0.1) is 10.2 Å². The quantitative estimate of drug-likeness (QED) is 0.353. The summed E-state index contributed by atoms with van der Waals surface area (Å²) in [5.41, 5.74) is 0.363. The third kappa shape index (κ3) is 4.98. The Morgan fingerprint density at radius 3 is 2.48 bits per heavy atom. The van der Waals surface area contributed by atoms with Crippen LogP contribution in [0.5, 0.6) is 0 Å². The molecule has 4 heterocycles. The molecule has 15 heteroatoms. The molecular weight excluding hydrogens is 442 g/mol. The largest absolute Gasteiger partial charge is 0.502 e. The predicted octanol–water partition coefficient (Wildman–Crippen LogP) is -6.72. The number of halogens is 1. The second kappa shape index (κ2) is 8.70. The number of hydrogen-bond donors (Lipinski definition) is 3. The van der Waals surface area contributed by atoms with E-state index in [1.807, 2.05) is 25.1 Å². The molecule has 0 saturated carbocycles. The van der Waals surface area contributed by atoms with Gasteiger partial charge >= 0.3 is 5.69 Å². The standard InChI is InChI=1S/C16H20N5O5.ClHO4/c1-8-17-14-9(5-19(8)2)6-21-11(18-14)3-4-20(16(21)25)15-13(24)12(23)10(7-22)26-15;2-1(3,4)5/h3-5,10,12-13,15,22-24H,6-7H2,1-2H3;(H,2,3,4,5)/q+1;/p-1/t10-,12-,13-,15?;/m1./s1. The average molecular weight is 462 g/mol. The Kier molecular flexibility index (Phi) is 6.56. The molecule has 0 spiro atoms. The van der Waals surface area contributed by atoms with Crippen molar-refractivity contribution in [1.82, 2.24) is 9.47 Å². The third-order valence-electron chi connectivity index (χ3n) is 4.87. The van der Waals surface area contributed by atoms with Gasteiger partial charge in [-0.25, -0.2) is 23.6 Å². The summed E-state index contributed by atoms with van der Waals surface area (Å²) < 4.78 is 42.1. The van der Waals surface area contributed by atoms with E-state index < -0.39 is 47.1 Å². The van der Waals surface area contributed by atoms with Gasteiger partial charge in [-0.2, -0.15) is 18.9 Å². The van der Waals surface area contributed by atoms with Gasteiger partial charge in [-0.05, 0) is 6.92 Å². The molecule has 0 aliphatic carbocycles. The van der Waals surface area contributed by atoms with Gasteiger partial charge in [0.1, 0.15) is 36.9 Å². The minimum Gasteiger partial charge on any atom is -0.394 e. The lowest BCUT2D eigenvalue weighted by atomic mass is 10.1. The summed E-state index contributed by atoms with van der Waals surface area (Å²) in [7, 11) is -3.08. The minimum atomic E-state index is -4.94. The molecule has 4 atom stereocenters. The highest BCUT2D eigenvalue weighted by atomic mass is 35.7. The molecule has 1 unspecified atom stereocenters. The van der Waals surface area contributed by atoms with Gasteiger partial charge in [0.2, 0.25) is 12.0 Å². The highest BCUT2D eigenvalue weighted by Gasteiger charge is 2.47. The van der Waals surface area contributed by atoms with Crippen molar-refractivity contribution < 1.29 is 53.5 Å². The first-order chi connectivity index (χ1) is 14.4. The summed E-state index contributed by atoms with van der Waals surface area (Å²) >= 11 is 0. The van der Waals surface area contributed by atoms with Crippen LogP contribution in [0.15, 0.2) is 38.8 Å². The summed E-state index contributed by atoms with van der Waals surface area (Å²) in [6.45, 7) is 1.70. The lowest BCUT2D eigenvalue weighted by molar-refractivity contribution is -2.00. The number of aliphatic hydroxyl groups is 3. The maximum Gasteiger partial charge on any atom is 0.502 e. The smallest absolute Gasteiger partial charge is 0.394 e. The first-order valence-electron chi connectivity index (χ1n) is 8.87. The summed E-state index contributed by atoms with van der Waals surface area (Å²) in [6.07, 6.45) is -1.28. The Balaban J connectivity index is 0.000000491. The molecule has 0 bridgehead atoms. The van der Waals surface area contributed by atoms with Crippen LogP contribution >= 0.6 is 0 Å². The maximum atomic E-state index is 12.9. The Morgan fingerprint density at radius 1 is 1.26 bits per heavy atom. The van der Waals surface area contributed by atoms with E-state index in [0.717, 1.165) is 11.4 Å². The molecular formula is C16H20ClN5O9. The van der Waals surface area contributed by atoms with Crippen LogP contribution in [0.25, 0.3) is 0 Å². The number of ether oxygens (including phenoxy) is 1. The van der Waals surface area contributed by atoms with E-state index in [2.05, 4.69) is 9.98 Å². The third-order valence-corrected chi connectivity index (χ3v) is 4.87. The van der Waals surface area contributed by atoms with Crippen LogP contribution in [0.4, 0.5) is 5.82 Å². The van der Waals surface area contributed by atoms with Crippen LogP contribution in [0.1, 0.15) is 13.2 Å². The number of aromatic nitrogens is 2. The normalized spacial score (nSPS) is 27.4. The maximum absolute atomic E-state index is 12.9. The van der Waals surface area contributed by atoms with Crippen LogP contribution in [0.3, 0.4) is 0 Å². The number of rotatable bonds is 2. The monoisotopic (exact) mass is 461 g/mol. The van der Waals surface area contributed by atoms with Crippen molar-refractivity contribution in [2.45, 2.75) is 38.0 Å². The zero-order valence-electron chi connectivity index (χ0n) is 16.4. The zero-order chi connectivity index (χ0) is 23.1. The Bertz CT molecular complexity index is 996. The van der Waals surface area contributed by atoms with Crippen LogP contribution in [0.2, 0.25) is 0 Å². The summed E-state index contributed by atoms with van der Waals surface area (Å²) in [6, 6.07) is 1.63. The van der Waals surface area contributed by atoms with Crippen molar-refractivity contribution in [1.29, 1.82) is 0 Å². The van der Waals surface area contributed by atoms with Crippen molar-refractivity contribution >= 4 is 17.5 Å². The molecule has 4 rings (SSSR count). The van der Waals surface area contributed by atoms with E-state index in [0.29, 0.717) is 11.7 Å².